The molecule has 1 N–H and O–H groups in total. The third kappa shape index (κ3) is 3.79. The predicted molar refractivity (Wildman–Crippen MR) is 93.0 cm³/mol. The first kappa shape index (κ1) is 18.1. The van der Waals surface area contributed by atoms with Crippen LogP contribution >= 0.6 is 0 Å². The van der Waals surface area contributed by atoms with Crippen molar-refractivity contribution in [1.82, 2.24) is 0 Å². The number of nitro groups is 2. The van der Waals surface area contributed by atoms with Gasteiger partial charge in [-0.1, -0.05) is 32.0 Å². The van der Waals surface area contributed by atoms with Crippen LogP contribution in [-0.2, 0) is 0 Å². The number of nitrogens with one attached hydrogen (secondary N) is 1. The molecule has 1 amide bonds. The molecule has 2 aromatic carbocycles. The molecular formula is C17H17N3O5. The van der Waals surface area contributed by atoms with Gasteiger partial charge in [0.25, 0.3) is 17.3 Å². The number of hydrogen-bond donors (Lipinski definition) is 1. The minimum Gasteiger partial charge on any atom is -0.321 e. The Hall–Kier alpha value is -3.29. The molecule has 0 spiro atoms. The molecule has 130 valence electrons. The lowest BCUT2D eigenvalue weighted by Crippen LogP contribution is -2.16. The topological polar surface area (TPSA) is 115 Å². The van der Waals surface area contributed by atoms with Crippen LogP contribution in [0.1, 0.15) is 41.3 Å². The quantitative estimate of drug-likeness (QED) is 0.645. The number of carbonyl (C=O) groups is 1. The summed E-state index contributed by atoms with van der Waals surface area (Å²) in [7, 11) is 0. The van der Waals surface area contributed by atoms with E-state index in [1.807, 2.05) is 39.0 Å². The largest absolute Gasteiger partial charge is 0.321 e. The maximum atomic E-state index is 12.6. The second-order valence-electron chi connectivity index (χ2n) is 5.86. The predicted octanol–water partition coefficient (Wildman–Crippen LogP) is 4.19. The van der Waals surface area contributed by atoms with Crippen molar-refractivity contribution in [2.75, 3.05) is 5.32 Å². The molecule has 2 rings (SSSR count). The SMILES string of the molecule is Cc1cccc(C(C)C)c1NC(=O)c1ccc([N+](=O)[O-])cc1[N+](=O)[O-]. The molecule has 0 aliphatic carbocycles. The first-order valence-corrected chi connectivity index (χ1v) is 7.56. The number of rotatable bonds is 5. The number of anilines is 1. The van der Waals surface area contributed by atoms with Gasteiger partial charge in [-0.25, -0.2) is 0 Å². The zero-order chi connectivity index (χ0) is 18.7. The average Bonchev–Trinajstić information content (AvgIpc) is 2.55. The van der Waals surface area contributed by atoms with Crippen molar-refractivity contribution in [1.29, 1.82) is 0 Å². The molecule has 2 aromatic rings. The minimum atomic E-state index is -0.802. The van der Waals surface area contributed by atoms with E-state index in [4.69, 9.17) is 0 Å². The molecular weight excluding hydrogens is 326 g/mol. The number of hydrogen-bond acceptors (Lipinski definition) is 5. The van der Waals surface area contributed by atoms with E-state index in [9.17, 15) is 25.0 Å². The summed E-state index contributed by atoms with van der Waals surface area (Å²) in [5, 5.41) is 24.7. The molecule has 0 bridgehead atoms. The number of amides is 1. The van der Waals surface area contributed by atoms with Gasteiger partial charge < -0.3 is 5.32 Å². The molecule has 0 saturated carbocycles. The van der Waals surface area contributed by atoms with Crippen molar-refractivity contribution in [3.63, 3.8) is 0 Å². The molecule has 8 nitrogen and oxygen atoms in total. The molecule has 0 aromatic heterocycles. The lowest BCUT2D eigenvalue weighted by atomic mass is 9.98. The van der Waals surface area contributed by atoms with Gasteiger partial charge in [-0.3, -0.25) is 25.0 Å². The number of non-ortho nitro benzene ring substituents is 1. The highest BCUT2D eigenvalue weighted by Crippen LogP contribution is 2.30. The van der Waals surface area contributed by atoms with Gasteiger partial charge in [-0.15, -0.1) is 0 Å². The van der Waals surface area contributed by atoms with Crippen molar-refractivity contribution in [3.05, 3.63) is 73.3 Å². The highest BCUT2D eigenvalue weighted by Gasteiger charge is 2.25. The lowest BCUT2D eigenvalue weighted by molar-refractivity contribution is -0.394. The third-order valence-corrected chi connectivity index (χ3v) is 3.80. The van der Waals surface area contributed by atoms with Gasteiger partial charge in [0.1, 0.15) is 5.56 Å². The van der Waals surface area contributed by atoms with E-state index in [1.54, 1.807) is 0 Å². The van der Waals surface area contributed by atoms with Crippen LogP contribution in [0.15, 0.2) is 36.4 Å². The number of benzene rings is 2. The van der Waals surface area contributed by atoms with Gasteiger partial charge in [-0.2, -0.15) is 0 Å². The zero-order valence-corrected chi connectivity index (χ0v) is 14.0. The molecule has 0 saturated heterocycles. The van der Waals surface area contributed by atoms with Crippen molar-refractivity contribution in [3.8, 4) is 0 Å². The fourth-order valence-corrected chi connectivity index (χ4v) is 2.50. The van der Waals surface area contributed by atoms with E-state index in [2.05, 4.69) is 5.32 Å². The van der Waals surface area contributed by atoms with Crippen LogP contribution in [0.4, 0.5) is 17.1 Å². The van der Waals surface area contributed by atoms with Gasteiger partial charge in [-0.05, 0) is 30.0 Å². The Bertz CT molecular complexity index is 861. The minimum absolute atomic E-state index is 0.141. The summed E-state index contributed by atoms with van der Waals surface area (Å²) in [6.45, 7) is 5.77. The Balaban J connectivity index is 2.46. The number of carbonyl (C=O) groups excluding carboxylic acids is 1. The van der Waals surface area contributed by atoms with Crippen LogP contribution in [0.2, 0.25) is 0 Å². The smallest absolute Gasteiger partial charge is 0.289 e. The van der Waals surface area contributed by atoms with Gasteiger partial charge in [0, 0.05) is 11.8 Å². The molecule has 0 radical (unpaired) electrons. The summed E-state index contributed by atoms with van der Waals surface area (Å²) in [5.41, 5.74) is 1.04. The molecule has 0 heterocycles. The summed E-state index contributed by atoms with van der Waals surface area (Å²) < 4.78 is 0. The van der Waals surface area contributed by atoms with Crippen molar-refractivity contribution >= 4 is 23.0 Å². The molecule has 0 atom stereocenters. The summed E-state index contributed by atoms with van der Waals surface area (Å²) in [4.78, 5) is 33.0. The molecule has 0 fully saturated rings. The van der Waals surface area contributed by atoms with Crippen LogP contribution in [-0.4, -0.2) is 15.8 Å². The second-order valence-corrected chi connectivity index (χ2v) is 5.86. The van der Waals surface area contributed by atoms with E-state index in [1.165, 1.54) is 0 Å². The van der Waals surface area contributed by atoms with E-state index in [0.29, 0.717) is 5.69 Å². The number of aryl methyl sites for hydroxylation is 1. The fourth-order valence-electron chi connectivity index (χ4n) is 2.50. The van der Waals surface area contributed by atoms with Gasteiger partial charge >= 0.3 is 0 Å². The highest BCUT2D eigenvalue weighted by molar-refractivity contribution is 6.08. The first-order valence-electron chi connectivity index (χ1n) is 7.56. The van der Waals surface area contributed by atoms with Crippen LogP contribution in [0, 0.1) is 27.2 Å². The van der Waals surface area contributed by atoms with E-state index < -0.39 is 27.1 Å². The monoisotopic (exact) mass is 343 g/mol. The van der Waals surface area contributed by atoms with Gasteiger partial charge in [0.15, 0.2) is 0 Å². The fraction of sp³-hybridized carbons (Fsp3) is 0.235. The standard InChI is InChI=1S/C17H17N3O5/c1-10(2)13-6-4-5-11(3)16(13)18-17(21)14-8-7-12(19(22)23)9-15(14)20(24)25/h4-10H,1-3H3,(H,18,21). The lowest BCUT2D eigenvalue weighted by Gasteiger charge is -2.16. The van der Waals surface area contributed by atoms with Crippen molar-refractivity contribution in [2.45, 2.75) is 26.7 Å². The van der Waals surface area contributed by atoms with Crippen molar-refractivity contribution in [2.24, 2.45) is 0 Å². The van der Waals surface area contributed by atoms with E-state index in [-0.39, 0.29) is 11.5 Å². The Morgan fingerprint density at radius 2 is 1.76 bits per heavy atom. The summed E-state index contributed by atoms with van der Waals surface area (Å²) in [6, 6.07) is 8.52. The molecule has 0 aliphatic rings. The number of nitro benzene ring substituents is 2. The Kier molecular flexibility index (Phi) is 5.11. The zero-order valence-electron chi connectivity index (χ0n) is 14.0. The number of para-hydroxylation sites is 1. The van der Waals surface area contributed by atoms with Crippen molar-refractivity contribution < 1.29 is 14.6 Å². The Morgan fingerprint density at radius 3 is 2.32 bits per heavy atom. The van der Waals surface area contributed by atoms with Gasteiger partial charge in [0.2, 0.25) is 0 Å². The molecule has 0 aliphatic heterocycles. The van der Waals surface area contributed by atoms with Crippen LogP contribution in [0.5, 0.6) is 0 Å². The van der Waals surface area contributed by atoms with Gasteiger partial charge in [0.05, 0.1) is 15.9 Å². The van der Waals surface area contributed by atoms with E-state index in [0.717, 1.165) is 29.3 Å². The van der Waals surface area contributed by atoms with Crippen LogP contribution in [0.25, 0.3) is 0 Å². The third-order valence-electron chi connectivity index (χ3n) is 3.80. The maximum absolute atomic E-state index is 12.6. The second kappa shape index (κ2) is 7.08. The number of nitrogens with zero attached hydrogens (tertiary/aromatic N) is 2. The summed E-state index contributed by atoms with van der Waals surface area (Å²) in [6.07, 6.45) is 0. The van der Waals surface area contributed by atoms with Crippen LogP contribution < -0.4 is 5.32 Å². The highest BCUT2D eigenvalue weighted by atomic mass is 16.6. The van der Waals surface area contributed by atoms with E-state index >= 15 is 0 Å². The molecule has 8 heteroatoms. The average molecular weight is 343 g/mol. The summed E-state index contributed by atoms with van der Waals surface area (Å²) in [5.74, 6) is -0.542. The maximum Gasteiger partial charge on any atom is 0.289 e. The molecule has 0 unspecified atom stereocenters. The Labute approximate surface area is 143 Å². The summed E-state index contributed by atoms with van der Waals surface area (Å²) >= 11 is 0. The molecule has 25 heavy (non-hydrogen) atoms. The normalized spacial score (nSPS) is 10.6. The first-order chi connectivity index (χ1) is 11.7. The van der Waals surface area contributed by atoms with Crippen LogP contribution in [0.3, 0.4) is 0 Å². The Morgan fingerprint density at radius 1 is 1.08 bits per heavy atom.